The monoisotopic (exact) mass is 300 g/mol. The van der Waals surface area contributed by atoms with Gasteiger partial charge in [-0.1, -0.05) is 30.3 Å². The molecule has 0 aromatic heterocycles. The van der Waals surface area contributed by atoms with E-state index < -0.39 is 11.6 Å². The van der Waals surface area contributed by atoms with Crippen molar-refractivity contribution >= 4 is 6.21 Å². The van der Waals surface area contributed by atoms with Crippen molar-refractivity contribution in [1.29, 1.82) is 0 Å². The Kier molecular flexibility index (Phi) is 4.59. The second kappa shape index (κ2) is 6.79. The largest absolute Gasteiger partial charge is 0.297 e. The van der Waals surface area contributed by atoms with Crippen molar-refractivity contribution < 1.29 is 8.78 Å². The standard InChI is InChI=1S/C18H18F2N2/c19-16-7-6-15(18(20)10-16)11-21-17-8-9-22(13-17)12-14-4-2-1-3-5-14/h1-7,10-11,17H,8-9,12-13H2. The molecule has 1 atom stereocenters. The average molecular weight is 300 g/mol. The molecule has 1 aliphatic heterocycles. The maximum Gasteiger partial charge on any atom is 0.134 e. The first-order valence-corrected chi connectivity index (χ1v) is 7.45. The van der Waals surface area contributed by atoms with E-state index in [1.165, 1.54) is 23.9 Å². The van der Waals surface area contributed by atoms with E-state index in [1.54, 1.807) is 0 Å². The van der Waals surface area contributed by atoms with Crippen LogP contribution in [0.25, 0.3) is 0 Å². The van der Waals surface area contributed by atoms with E-state index in [4.69, 9.17) is 0 Å². The molecular weight excluding hydrogens is 282 g/mol. The highest BCUT2D eigenvalue weighted by Crippen LogP contribution is 2.16. The summed E-state index contributed by atoms with van der Waals surface area (Å²) in [6.07, 6.45) is 2.48. The van der Waals surface area contributed by atoms with E-state index >= 15 is 0 Å². The van der Waals surface area contributed by atoms with Gasteiger partial charge in [-0.25, -0.2) is 8.78 Å². The second-order valence-corrected chi connectivity index (χ2v) is 5.61. The molecule has 0 amide bonds. The summed E-state index contributed by atoms with van der Waals surface area (Å²) in [7, 11) is 0. The molecule has 0 spiro atoms. The van der Waals surface area contributed by atoms with Crippen molar-refractivity contribution in [3.05, 3.63) is 71.3 Å². The fraction of sp³-hybridized carbons (Fsp3) is 0.278. The number of nitrogens with zero attached hydrogens (tertiary/aromatic N) is 2. The molecular formula is C18H18F2N2. The molecule has 2 aromatic rings. The molecule has 0 radical (unpaired) electrons. The zero-order valence-corrected chi connectivity index (χ0v) is 12.3. The van der Waals surface area contributed by atoms with Gasteiger partial charge in [-0.3, -0.25) is 9.89 Å². The van der Waals surface area contributed by atoms with Gasteiger partial charge in [0.1, 0.15) is 11.6 Å². The van der Waals surface area contributed by atoms with Crippen LogP contribution in [0.4, 0.5) is 8.78 Å². The molecule has 0 aliphatic carbocycles. The topological polar surface area (TPSA) is 15.6 Å². The van der Waals surface area contributed by atoms with Crippen LogP contribution in [0.3, 0.4) is 0 Å². The Morgan fingerprint density at radius 3 is 2.73 bits per heavy atom. The Hall–Kier alpha value is -2.07. The highest BCUT2D eigenvalue weighted by atomic mass is 19.1. The van der Waals surface area contributed by atoms with Crippen LogP contribution < -0.4 is 0 Å². The van der Waals surface area contributed by atoms with Crippen LogP contribution in [0, 0.1) is 11.6 Å². The lowest BCUT2D eigenvalue weighted by atomic mass is 10.2. The Morgan fingerprint density at radius 1 is 1.14 bits per heavy atom. The van der Waals surface area contributed by atoms with Crippen molar-refractivity contribution in [2.45, 2.75) is 19.0 Å². The third kappa shape index (κ3) is 3.77. The van der Waals surface area contributed by atoms with Crippen molar-refractivity contribution in [2.24, 2.45) is 4.99 Å². The number of hydrogen-bond donors (Lipinski definition) is 0. The summed E-state index contributed by atoms with van der Waals surface area (Å²) >= 11 is 0. The maximum atomic E-state index is 13.5. The number of halogens is 2. The molecule has 2 nitrogen and oxygen atoms in total. The first-order valence-electron chi connectivity index (χ1n) is 7.45. The van der Waals surface area contributed by atoms with Crippen molar-refractivity contribution in [3.63, 3.8) is 0 Å². The minimum absolute atomic E-state index is 0.174. The number of rotatable bonds is 4. The zero-order chi connectivity index (χ0) is 15.4. The lowest BCUT2D eigenvalue weighted by Gasteiger charge is -2.14. The van der Waals surface area contributed by atoms with E-state index in [1.807, 2.05) is 18.2 Å². The molecule has 2 aromatic carbocycles. The molecule has 0 bridgehead atoms. The smallest absolute Gasteiger partial charge is 0.134 e. The number of benzene rings is 2. The first kappa shape index (κ1) is 14.9. The van der Waals surface area contributed by atoms with Gasteiger partial charge in [-0.05, 0) is 24.1 Å². The summed E-state index contributed by atoms with van der Waals surface area (Å²) in [6, 6.07) is 14.1. The van der Waals surface area contributed by atoms with Crippen LogP contribution in [0.5, 0.6) is 0 Å². The molecule has 1 fully saturated rings. The Bertz CT molecular complexity index is 655. The van der Waals surface area contributed by atoms with Gasteiger partial charge in [-0.15, -0.1) is 0 Å². The third-order valence-corrected chi connectivity index (χ3v) is 3.88. The Morgan fingerprint density at radius 2 is 1.95 bits per heavy atom. The van der Waals surface area contributed by atoms with E-state index in [0.29, 0.717) is 5.56 Å². The molecule has 3 rings (SSSR count). The summed E-state index contributed by atoms with van der Waals surface area (Å²) in [5.74, 6) is -1.13. The van der Waals surface area contributed by atoms with Gasteiger partial charge in [-0.2, -0.15) is 0 Å². The van der Waals surface area contributed by atoms with Crippen LogP contribution >= 0.6 is 0 Å². The summed E-state index contributed by atoms with van der Waals surface area (Å²) in [5, 5.41) is 0. The number of aliphatic imine (C=N–C) groups is 1. The summed E-state index contributed by atoms with van der Waals surface area (Å²) in [5.41, 5.74) is 1.62. The molecule has 1 saturated heterocycles. The van der Waals surface area contributed by atoms with Crippen LogP contribution in [0.15, 0.2) is 53.5 Å². The van der Waals surface area contributed by atoms with Gasteiger partial charge in [0, 0.05) is 37.5 Å². The van der Waals surface area contributed by atoms with E-state index in [-0.39, 0.29) is 6.04 Å². The summed E-state index contributed by atoms with van der Waals surface area (Å²) in [6.45, 7) is 2.77. The first-order chi connectivity index (χ1) is 10.7. The molecule has 22 heavy (non-hydrogen) atoms. The molecule has 4 heteroatoms. The third-order valence-electron chi connectivity index (χ3n) is 3.88. The molecule has 1 heterocycles. The number of hydrogen-bond acceptors (Lipinski definition) is 2. The van der Waals surface area contributed by atoms with Crippen molar-refractivity contribution in [1.82, 2.24) is 4.90 Å². The van der Waals surface area contributed by atoms with Crippen LogP contribution in [-0.2, 0) is 6.54 Å². The van der Waals surface area contributed by atoms with Gasteiger partial charge >= 0.3 is 0 Å². The predicted octanol–water partition coefficient (Wildman–Crippen LogP) is 3.66. The highest BCUT2D eigenvalue weighted by molar-refractivity contribution is 5.80. The molecule has 1 aliphatic rings. The van der Waals surface area contributed by atoms with Crippen LogP contribution in [0.1, 0.15) is 17.5 Å². The van der Waals surface area contributed by atoms with Gasteiger partial charge in [0.15, 0.2) is 0 Å². The molecule has 1 unspecified atom stereocenters. The minimum atomic E-state index is -0.567. The summed E-state index contributed by atoms with van der Waals surface area (Å²) in [4.78, 5) is 6.79. The normalized spacial score (nSPS) is 19.1. The average Bonchev–Trinajstić information content (AvgIpc) is 2.95. The lowest BCUT2D eigenvalue weighted by molar-refractivity contribution is 0.327. The van der Waals surface area contributed by atoms with Crippen molar-refractivity contribution in [2.75, 3.05) is 13.1 Å². The van der Waals surface area contributed by atoms with Gasteiger partial charge in [0.05, 0.1) is 6.04 Å². The van der Waals surface area contributed by atoms with Gasteiger partial charge in [0.25, 0.3) is 0 Å². The van der Waals surface area contributed by atoms with E-state index in [0.717, 1.165) is 32.1 Å². The minimum Gasteiger partial charge on any atom is -0.297 e. The zero-order valence-electron chi connectivity index (χ0n) is 12.3. The molecule has 0 saturated carbocycles. The Labute approximate surface area is 129 Å². The fourth-order valence-electron chi connectivity index (χ4n) is 2.71. The van der Waals surface area contributed by atoms with Crippen molar-refractivity contribution in [3.8, 4) is 0 Å². The van der Waals surface area contributed by atoms with Gasteiger partial charge in [0.2, 0.25) is 0 Å². The SMILES string of the molecule is Fc1ccc(C=NC2CCN(Cc3ccccc3)C2)c(F)c1. The fourth-order valence-corrected chi connectivity index (χ4v) is 2.71. The highest BCUT2D eigenvalue weighted by Gasteiger charge is 2.21. The molecule has 114 valence electrons. The maximum absolute atomic E-state index is 13.5. The van der Waals surface area contributed by atoms with E-state index in [2.05, 4.69) is 22.0 Å². The van der Waals surface area contributed by atoms with Crippen LogP contribution in [-0.4, -0.2) is 30.2 Å². The second-order valence-electron chi connectivity index (χ2n) is 5.61. The Balaban J connectivity index is 1.57. The summed E-state index contributed by atoms with van der Waals surface area (Å²) < 4.78 is 26.4. The number of likely N-dealkylation sites (tertiary alicyclic amines) is 1. The van der Waals surface area contributed by atoms with E-state index in [9.17, 15) is 8.78 Å². The van der Waals surface area contributed by atoms with Crippen LogP contribution in [0.2, 0.25) is 0 Å². The quantitative estimate of drug-likeness (QED) is 0.787. The lowest BCUT2D eigenvalue weighted by Crippen LogP contribution is -2.21. The predicted molar refractivity (Wildman–Crippen MR) is 84.1 cm³/mol. The molecule has 0 N–H and O–H groups in total. The van der Waals surface area contributed by atoms with Gasteiger partial charge < -0.3 is 0 Å².